The van der Waals surface area contributed by atoms with Crippen LogP contribution in [0.1, 0.15) is 38.7 Å². The van der Waals surface area contributed by atoms with Crippen molar-refractivity contribution in [2.45, 2.75) is 33.1 Å². The van der Waals surface area contributed by atoms with Gasteiger partial charge in [0.2, 0.25) is 5.91 Å². The first-order valence-corrected chi connectivity index (χ1v) is 7.13. The molecule has 0 fully saturated rings. The fourth-order valence-corrected chi connectivity index (χ4v) is 1.90. The van der Waals surface area contributed by atoms with Gasteiger partial charge in [-0.15, -0.1) is 0 Å². The molecule has 0 aromatic heterocycles. The molecule has 6 nitrogen and oxygen atoms in total. The number of para-hydroxylation sites is 1. The summed E-state index contributed by atoms with van der Waals surface area (Å²) < 4.78 is 4.67. The van der Waals surface area contributed by atoms with E-state index in [1.165, 1.54) is 7.11 Å². The maximum Gasteiger partial charge on any atom is 0.266 e. The molecular weight excluding hydrogens is 282 g/mol. The van der Waals surface area contributed by atoms with Gasteiger partial charge in [0.1, 0.15) is 6.61 Å². The summed E-state index contributed by atoms with van der Waals surface area (Å²) in [6.45, 7) is 5.76. The number of carbonyl (C=O) groups excluding carboxylic acids is 2. The van der Waals surface area contributed by atoms with Crippen molar-refractivity contribution in [1.29, 1.82) is 0 Å². The maximum absolute atomic E-state index is 12.0. The van der Waals surface area contributed by atoms with E-state index in [9.17, 15) is 9.59 Å². The molecule has 0 spiro atoms. The van der Waals surface area contributed by atoms with E-state index >= 15 is 0 Å². The normalized spacial score (nSPS) is 11.4. The zero-order valence-electron chi connectivity index (χ0n) is 13.5. The minimum absolute atomic E-state index is 0.0647. The average molecular weight is 305 g/mol. The Morgan fingerprint density at radius 3 is 2.55 bits per heavy atom. The van der Waals surface area contributed by atoms with E-state index in [-0.39, 0.29) is 24.8 Å². The standard InChI is InChI=1S/C16H23N3O3/c1-11(2)13-7-5-6-8-14(13)17-15(20)9-12(3)18-19-16(21)10-22-4/h5-8,11H,9-10H2,1-4H3,(H,17,20)(H,19,21)/b18-12-. The Labute approximate surface area is 130 Å². The van der Waals surface area contributed by atoms with Gasteiger partial charge in [0, 0.05) is 18.5 Å². The first kappa shape index (κ1) is 17.8. The molecule has 1 aromatic carbocycles. The maximum atomic E-state index is 12.0. The predicted octanol–water partition coefficient (Wildman–Crippen LogP) is 2.28. The average Bonchev–Trinajstić information content (AvgIpc) is 2.45. The lowest BCUT2D eigenvalue weighted by atomic mass is 10.0. The van der Waals surface area contributed by atoms with E-state index in [4.69, 9.17) is 0 Å². The van der Waals surface area contributed by atoms with Crippen molar-refractivity contribution in [3.05, 3.63) is 29.8 Å². The number of hydrogen-bond acceptors (Lipinski definition) is 4. The lowest BCUT2D eigenvalue weighted by molar-refractivity contribution is -0.124. The third kappa shape index (κ3) is 6.05. The molecule has 0 aliphatic rings. The fourth-order valence-electron chi connectivity index (χ4n) is 1.90. The van der Waals surface area contributed by atoms with Crippen LogP contribution in [0.25, 0.3) is 0 Å². The van der Waals surface area contributed by atoms with Gasteiger partial charge in [-0.05, 0) is 24.5 Å². The number of methoxy groups -OCH3 is 1. The van der Waals surface area contributed by atoms with Gasteiger partial charge in [0.05, 0.1) is 6.42 Å². The highest BCUT2D eigenvalue weighted by Crippen LogP contribution is 2.23. The molecule has 0 saturated carbocycles. The molecule has 0 saturated heterocycles. The number of carbonyl (C=O) groups is 2. The molecule has 0 unspecified atom stereocenters. The smallest absolute Gasteiger partial charge is 0.266 e. The lowest BCUT2D eigenvalue weighted by Gasteiger charge is -2.13. The molecule has 0 aliphatic heterocycles. The van der Waals surface area contributed by atoms with Crippen LogP contribution in [0.3, 0.4) is 0 Å². The van der Waals surface area contributed by atoms with Crippen molar-refractivity contribution >= 4 is 23.2 Å². The van der Waals surface area contributed by atoms with Gasteiger partial charge in [-0.25, -0.2) is 5.43 Å². The van der Waals surface area contributed by atoms with E-state index in [0.29, 0.717) is 11.6 Å². The van der Waals surface area contributed by atoms with Crippen LogP contribution in [-0.4, -0.2) is 31.2 Å². The molecule has 0 heterocycles. The zero-order valence-corrected chi connectivity index (χ0v) is 13.5. The SMILES string of the molecule is COCC(=O)N/N=C(/C)CC(=O)Nc1ccccc1C(C)C. The number of ether oxygens (including phenoxy) is 1. The molecular formula is C16H23N3O3. The highest BCUT2D eigenvalue weighted by molar-refractivity contribution is 6.06. The molecule has 1 aromatic rings. The molecule has 1 rings (SSSR count). The van der Waals surface area contributed by atoms with Crippen molar-refractivity contribution in [1.82, 2.24) is 5.43 Å². The van der Waals surface area contributed by atoms with Crippen LogP contribution < -0.4 is 10.7 Å². The van der Waals surface area contributed by atoms with Crippen LogP contribution in [0.15, 0.2) is 29.4 Å². The van der Waals surface area contributed by atoms with E-state index in [0.717, 1.165) is 11.3 Å². The highest BCUT2D eigenvalue weighted by atomic mass is 16.5. The summed E-state index contributed by atoms with van der Waals surface area (Å²) in [6.07, 6.45) is 0.111. The van der Waals surface area contributed by atoms with E-state index in [2.05, 4.69) is 34.4 Å². The highest BCUT2D eigenvalue weighted by Gasteiger charge is 2.10. The number of nitrogens with one attached hydrogen (secondary N) is 2. The van der Waals surface area contributed by atoms with Crippen molar-refractivity contribution in [2.75, 3.05) is 19.0 Å². The predicted molar refractivity (Wildman–Crippen MR) is 86.9 cm³/mol. The van der Waals surface area contributed by atoms with Gasteiger partial charge in [-0.1, -0.05) is 32.0 Å². The van der Waals surface area contributed by atoms with Gasteiger partial charge in [-0.3, -0.25) is 9.59 Å². The minimum Gasteiger partial charge on any atom is -0.375 e. The molecule has 2 amide bonds. The third-order valence-corrected chi connectivity index (χ3v) is 2.92. The summed E-state index contributed by atoms with van der Waals surface area (Å²) in [4.78, 5) is 23.2. The topological polar surface area (TPSA) is 79.8 Å². The van der Waals surface area contributed by atoms with Gasteiger partial charge in [0.15, 0.2) is 0 Å². The van der Waals surface area contributed by atoms with Crippen molar-refractivity contribution in [3.63, 3.8) is 0 Å². The number of hydrogen-bond donors (Lipinski definition) is 2. The van der Waals surface area contributed by atoms with Crippen LogP contribution in [0.4, 0.5) is 5.69 Å². The summed E-state index contributed by atoms with van der Waals surface area (Å²) >= 11 is 0. The Morgan fingerprint density at radius 2 is 1.91 bits per heavy atom. The lowest BCUT2D eigenvalue weighted by Crippen LogP contribution is -2.24. The summed E-state index contributed by atoms with van der Waals surface area (Å²) in [5, 5.41) is 6.74. The summed E-state index contributed by atoms with van der Waals surface area (Å²) in [5.74, 6) is -0.206. The Kier molecular flexibility index (Phi) is 7.25. The number of rotatable bonds is 7. The molecule has 6 heteroatoms. The van der Waals surface area contributed by atoms with Crippen molar-refractivity contribution in [3.8, 4) is 0 Å². The molecule has 0 aliphatic carbocycles. The molecule has 0 radical (unpaired) electrons. The molecule has 0 bridgehead atoms. The van der Waals surface area contributed by atoms with E-state index in [1.807, 2.05) is 24.3 Å². The van der Waals surface area contributed by atoms with Crippen LogP contribution in [0.5, 0.6) is 0 Å². The number of amides is 2. The number of nitrogens with zero attached hydrogens (tertiary/aromatic N) is 1. The van der Waals surface area contributed by atoms with Gasteiger partial charge < -0.3 is 10.1 Å². The zero-order chi connectivity index (χ0) is 16.5. The second kappa shape index (κ2) is 8.94. The minimum atomic E-state index is -0.354. The van der Waals surface area contributed by atoms with E-state index in [1.54, 1.807) is 6.92 Å². The van der Waals surface area contributed by atoms with Crippen molar-refractivity contribution in [2.24, 2.45) is 5.10 Å². The van der Waals surface area contributed by atoms with Crippen molar-refractivity contribution < 1.29 is 14.3 Å². The molecule has 0 atom stereocenters. The van der Waals surface area contributed by atoms with E-state index < -0.39 is 0 Å². The Morgan fingerprint density at radius 1 is 1.23 bits per heavy atom. The largest absolute Gasteiger partial charge is 0.375 e. The van der Waals surface area contributed by atoms with Crippen LogP contribution >= 0.6 is 0 Å². The Bertz CT molecular complexity index is 553. The van der Waals surface area contributed by atoms with Crippen LogP contribution in [0, 0.1) is 0 Å². The first-order chi connectivity index (χ1) is 10.4. The molecule has 22 heavy (non-hydrogen) atoms. The second-order valence-electron chi connectivity index (χ2n) is 5.28. The summed E-state index contributed by atoms with van der Waals surface area (Å²) in [5.41, 5.74) is 4.73. The summed E-state index contributed by atoms with van der Waals surface area (Å²) in [7, 11) is 1.43. The first-order valence-electron chi connectivity index (χ1n) is 7.13. The molecule has 120 valence electrons. The quantitative estimate of drug-likeness (QED) is 0.599. The number of benzene rings is 1. The van der Waals surface area contributed by atoms with Crippen LogP contribution in [-0.2, 0) is 14.3 Å². The van der Waals surface area contributed by atoms with Gasteiger partial charge in [-0.2, -0.15) is 5.10 Å². The number of hydrazone groups is 1. The monoisotopic (exact) mass is 305 g/mol. The fraction of sp³-hybridized carbons (Fsp3) is 0.438. The van der Waals surface area contributed by atoms with Gasteiger partial charge in [0.25, 0.3) is 5.91 Å². The molecule has 2 N–H and O–H groups in total. The second-order valence-corrected chi connectivity index (χ2v) is 5.28. The number of anilines is 1. The third-order valence-electron chi connectivity index (χ3n) is 2.92. The Balaban J connectivity index is 2.59. The Hall–Kier alpha value is -2.21. The van der Waals surface area contributed by atoms with Crippen LogP contribution in [0.2, 0.25) is 0 Å². The van der Waals surface area contributed by atoms with Gasteiger partial charge >= 0.3 is 0 Å². The summed E-state index contributed by atoms with van der Waals surface area (Å²) in [6, 6.07) is 7.70.